The minimum Gasteiger partial charge on any atom is -0.453 e. The summed E-state index contributed by atoms with van der Waals surface area (Å²) in [5.41, 5.74) is -0.285. The monoisotopic (exact) mass is 576 g/mol. The second kappa shape index (κ2) is 11.3. The number of aromatic amines is 1. The maximum Gasteiger partial charge on any atom is 0.284 e. The molecule has 42 heavy (non-hydrogen) atoms. The summed E-state index contributed by atoms with van der Waals surface area (Å²) in [6.07, 6.45) is 2.14. The Balaban J connectivity index is 1.21. The van der Waals surface area contributed by atoms with E-state index < -0.39 is 35.3 Å². The van der Waals surface area contributed by atoms with E-state index in [0.29, 0.717) is 29.8 Å². The Morgan fingerprint density at radius 2 is 1.88 bits per heavy atom. The smallest absolute Gasteiger partial charge is 0.284 e. The van der Waals surface area contributed by atoms with Gasteiger partial charge in [-0.3, -0.25) is 14.7 Å². The molecule has 14 heteroatoms. The summed E-state index contributed by atoms with van der Waals surface area (Å²) in [5, 5.41) is 19.9. The minimum absolute atomic E-state index is 0.0693. The van der Waals surface area contributed by atoms with Crippen molar-refractivity contribution in [2.75, 3.05) is 23.7 Å². The van der Waals surface area contributed by atoms with Crippen LogP contribution in [-0.4, -0.2) is 56.2 Å². The van der Waals surface area contributed by atoms with Crippen molar-refractivity contribution in [1.29, 1.82) is 0 Å². The molecule has 0 bridgehead atoms. The first-order valence-corrected chi connectivity index (χ1v) is 12.9. The molecule has 0 radical (unpaired) electrons. The molecular weight excluding hydrogens is 553 g/mol. The number of amides is 1. The van der Waals surface area contributed by atoms with E-state index in [9.17, 15) is 18.4 Å². The lowest BCUT2D eigenvalue weighted by atomic mass is 10.0. The highest BCUT2D eigenvalue weighted by atomic mass is 19.1. The molecule has 1 fully saturated rings. The summed E-state index contributed by atoms with van der Waals surface area (Å²) >= 11 is 0. The maximum atomic E-state index is 15.1. The van der Waals surface area contributed by atoms with E-state index in [0.717, 1.165) is 22.9 Å². The number of H-pyrrole nitrogens is 1. The molecule has 4 N–H and O–H groups in total. The van der Waals surface area contributed by atoms with E-state index in [1.807, 2.05) is 0 Å². The topological polar surface area (TPSA) is 139 Å². The van der Waals surface area contributed by atoms with Crippen LogP contribution in [0.3, 0.4) is 0 Å². The Hall–Kier alpha value is -5.24. The van der Waals surface area contributed by atoms with Crippen LogP contribution in [0, 0.1) is 11.6 Å². The normalized spacial score (nSPS) is 16.7. The van der Waals surface area contributed by atoms with Crippen molar-refractivity contribution >= 4 is 28.4 Å². The largest absolute Gasteiger partial charge is 0.453 e. The zero-order valence-electron chi connectivity index (χ0n) is 21.8. The zero-order valence-corrected chi connectivity index (χ0v) is 21.8. The van der Waals surface area contributed by atoms with Gasteiger partial charge in [0.05, 0.1) is 11.7 Å². The van der Waals surface area contributed by atoms with Gasteiger partial charge in [-0.25, -0.2) is 18.2 Å². The van der Waals surface area contributed by atoms with E-state index in [4.69, 9.17) is 4.74 Å². The Labute approximate surface area is 235 Å². The number of carbonyl (C=O) groups excluding carboxylic acids is 1. The van der Waals surface area contributed by atoms with Gasteiger partial charge in [-0.15, -0.1) is 0 Å². The maximum absolute atomic E-state index is 15.1. The predicted molar refractivity (Wildman–Crippen MR) is 148 cm³/mol. The predicted octanol–water partition coefficient (Wildman–Crippen LogP) is 3.94. The molecule has 0 saturated carbocycles. The summed E-state index contributed by atoms with van der Waals surface area (Å²) in [5.74, 6) is -1.67. The van der Waals surface area contributed by atoms with Crippen LogP contribution in [0.2, 0.25) is 0 Å². The van der Waals surface area contributed by atoms with Crippen LogP contribution in [0.4, 0.5) is 24.7 Å². The molecule has 6 rings (SSSR count). The Bertz CT molecular complexity index is 1830. The second-order valence-corrected chi connectivity index (χ2v) is 9.50. The molecule has 1 amide bonds. The highest BCUT2D eigenvalue weighted by molar-refractivity contribution is 6.04. The van der Waals surface area contributed by atoms with E-state index in [1.54, 1.807) is 0 Å². The fourth-order valence-corrected chi connectivity index (χ4v) is 4.60. The van der Waals surface area contributed by atoms with Gasteiger partial charge in [0.1, 0.15) is 28.7 Å². The minimum atomic E-state index is -1.12. The molecule has 1 saturated heterocycles. The average molecular weight is 577 g/mol. The molecule has 1 aliphatic rings. The van der Waals surface area contributed by atoms with Gasteiger partial charge in [0.15, 0.2) is 23.0 Å². The molecule has 5 aromatic rings. The summed E-state index contributed by atoms with van der Waals surface area (Å²) in [4.78, 5) is 30.0. The Morgan fingerprint density at radius 3 is 2.67 bits per heavy atom. The lowest BCUT2D eigenvalue weighted by Crippen LogP contribution is -2.45. The van der Waals surface area contributed by atoms with Crippen molar-refractivity contribution in [3.63, 3.8) is 0 Å². The number of aromatic nitrogens is 5. The number of nitrogens with zero attached hydrogens (tertiary/aromatic N) is 4. The van der Waals surface area contributed by atoms with Crippen LogP contribution < -0.4 is 26.2 Å². The number of alkyl halides is 1. The van der Waals surface area contributed by atoms with Gasteiger partial charge in [-0.2, -0.15) is 14.9 Å². The SMILES string of the molecule is O=C(Nc1ccc(Oc2ccnc3[nH]nc(N[C@H]4CCNCC4F)c23)c(F)c1)c1ccnn(-c2ccc(F)cc2)c1=O. The number of benzene rings is 2. The van der Waals surface area contributed by atoms with Crippen LogP contribution in [0.1, 0.15) is 16.8 Å². The van der Waals surface area contributed by atoms with Gasteiger partial charge in [-0.1, -0.05) is 0 Å². The molecule has 1 unspecified atom stereocenters. The number of pyridine rings is 1. The van der Waals surface area contributed by atoms with E-state index in [2.05, 4.69) is 36.2 Å². The van der Waals surface area contributed by atoms with Crippen molar-refractivity contribution in [3.05, 3.63) is 94.5 Å². The molecule has 11 nitrogen and oxygen atoms in total. The summed E-state index contributed by atoms with van der Waals surface area (Å²) in [6.45, 7) is 0.878. The average Bonchev–Trinajstić information content (AvgIpc) is 3.40. The summed E-state index contributed by atoms with van der Waals surface area (Å²) < 4.78 is 49.6. The van der Waals surface area contributed by atoms with Gasteiger partial charge in [-0.05, 0) is 55.4 Å². The third-order valence-corrected chi connectivity index (χ3v) is 6.72. The lowest BCUT2D eigenvalue weighted by molar-refractivity contribution is 0.102. The van der Waals surface area contributed by atoms with Crippen LogP contribution in [0.5, 0.6) is 11.5 Å². The first kappa shape index (κ1) is 27.0. The highest BCUT2D eigenvalue weighted by Gasteiger charge is 2.26. The number of nitrogens with one attached hydrogen (secondary N) is 4. The Kier molecular flexibility index (Phi) is 7.27. The van der Waals surface area contributed by atoms with Crippen LogP contribution in [0.15, 0.2) is 71.8 Å². The number of anilines is 2. The fourth-order valence-electron chi connectivity index (χ4n) is 4.60. The molecule has 0 spiro atoms. The molecule has 1 aliphatic heterocycles. The van der Waals surface area contributed by atoms with Crippen molar-refractivity contribution in [2.24, 2.45) is 0 Å². The number of hydrogen-bond acceptors (Lipinski definition) is 8. The van der Waals surface area contributed by atoms with Crippen LogP contribution >= 0.6 is 0 Å². The first-order chi connectivity index (χ1) is 20.4. The van der Waals surface area contributed by atoms with E-state index >= 15 is 4.39 Å². The van der Waals surface area contributed by atoms with Crippen molar-refractivity contribution in [1.82, 2.24) is 30.3 Å². The number of hydrogen-bond donors (Lipinski definition) is 4. The van der Waals surface area contributed by atoms with Crippen molar-refractivity contribution < 1.29 is 22.7 Å². The number of rotatable bonds is 7. The van der Waals surface area contributed by atoms with Gasteiger partial charge in [0.2, 0.25) is 0 Å². The molecule has 0 aliphatic carbocycles. The number of piperidine rings is 1. The summed E-state index contributed by atoms with van der Waals surface area (Å²) in [7, 11) is 0. The quantitative estimate of drug-likeness (QED) is 0.229. The first-order valence-electron chi connectivity index (χ1n) is 12.9. The molecule has 2 atom stereocenters. The van der Waals surface area contributed by atoms with Gasteiger partial charge in [0.25, 0.3) is 11.5 Å². The van der Waals surface area contributed by atoms with Crippen molar-refractivity contribution in [3.8, 4) is 17.2 Å². The van der Waals surface area contributed by atoms with E-state index in [1.165, 1.54) is 48.8 Å². The highest BCUT2D eigenvalue weighted by Crippen LogP contribution is 2.35. The zero-order chi connectivity index (χ0) is 29.2. The van der Waals surface area contributed by atoms with Crippen LogP contribution in [-0.2, 0) is 0 Å². The van der Waals surface area contributed by atoms with Crippen molar-refractivity contribution in [2.45, 2.75) is 18.6 Å². The second-order valence-electron chi connectivity index (χ2n) is 9.50. The number of ether oxygens (including phenoxy) is 1. The van der Waals surface area contributed by atoms with Gasteiger partial charge >= 0.3 is 0 Å². The van der Waals surface area contributed by atoms with Gasteiger partial charge in [0, 0.05) is 36.8 Å². The van der Waals surface area contributed by atoms with Crippen LogP contribution in [0.25, 0.3) is 16.7 Å². The number of halogens is 3. The third-order valence-electron chi connectivity index (χ3n) is 6.72. The standard InChI is InChI=1S/C28H23F3N8O3/c29-15-1-4-17(5-2-15)39-28(41)18(7-12-34-39)27(40)35-16-3-6-22(19(30)13-16)42-23-9-11-33-25-24(23)26(38-37-25)36-21-8-10-32-14-20(21)31/h1-7,9,11-13,20-21,32H,8,10,14H2,(H,35,40)(H2,33,36,37,38)/t20?,21-/m0/s1. The van der Waals surface area contributed by atoms with Gasteiger partial charge < -0.3 is 20.7 Å². The molecule has 4 heterocycles. The molecular formula is C28H23F3N8O3. The summed E-state index contributed by atoms with van der Waals surface area (Å²) in [6, 6.07) is 11.1. The Morgan fingerprint density at radius 1 is 1.05 bits per heavy atom. The number of carbonyl (C=O) groups is 1. The molecule has 214 valence electrons. The van der Waals surface area contributed by atoms with E-state index in [-0.39, 0.29) is 35.0 Å². The lowest BCUT2D eigenvalue weighted by Gasteiger charge is -2.27. The fraction of sp³-hybridized carbons (Fsp3) is 0.179. The molecule has 2 aromatic carbocycles. The third kappa shape index (κ3) is 5.39. The molecule has 3 aromatic heterocycles. The number of fused-ring (bicyclic) bond motifs is 1.